The van der Waals surface area contributed by atoms with Gasteiger partial charge < -0.3 is 24.4 Å². The summed E-state index contributed by atoms with van der Waals surface area (Å²) in [5, 5.41) is 3.58. The molecule has 0 aliphatic carbocycles. The number of anilines is 1. The molecule has 0 aromatic heterocycles. The Balaban J connectivity index is 1.88. The summed E-state index contributed by atoms with van der Waals surface area (Å²) in [6, 6.07) is 23.8. The molecule has 2 amide bonds. The Morgan fingerprint density at radius 2 is 1.43 bits per heavy atom. The zero-order chi connectivity index (χ0) is 35.6. The first-order chi connectivity index (χ1) is 23.5. The van der Waals surface area contributed by atoms with Crippen molar-refractivity contribution in [1.82, 2.24) is 10.2 Å². The molecule has 0 heterocycles. The Morgan fingerprint density at radius 3 is 2.08 bits per heavy atom. The molecule has 0 bridgehead atoms. The largest absolute Gasteiger partial charge is 0.495 e. The minimum atomic E-state index is -4.50. The third kappa shape index (κ3) is 9.38. The van der Waals surface area contributed by atoms with E-state index in [1.54, 1.807) is 30.3 Å². The second kappa shape index (κ2) is 17.3. The normalized spacial score (nSPS) is 11.7. The molecular weight excluding hydrogens is 689 g/mol. The molecule has 13 heteroatoms. The van der Waals surface area contributed by atoms with Gasteiger partial charge in [0.05, 0.1) is 31.9 Å². The van der Waals surface area contributed by atoms with Gasteiger partial charge in [-0.2, -0.15) is 0 Å². The summed E-state index contributed by atoms with van der Waals surface area (Å²) in [5.41, 5.74) is 1.49. The van der Waals surface area contributed by atoms with E-state index in [2.05, 4.69) is 5.32 Å². The fourth-order valence-corrected chi connectivity index (χ4v) is 7.04. The number of ether oxygens (including phenoxy) is 3. The molecule has 260 valence electrons. The van der Waals surface area contributed by atoms with Crippen molar-refractivity contribution in [2.24, 2.45) is 0 Å². The fraction of sp³-hybridized carbons (Fsp3) is 0.278. The van der Waals surface area contributed by atoms with Gasteiger partial charge in [0, 0.05) is 35.6 Å². The van der Waals surface area contributed by atoms with Crippen molar-refractivity contribution in [3.05, 3.63) is 112 Å². The quantitative estimate of drug-likeness (QED) is 0.143. The van der Waals surface area contributed by atoms with Crippen LogP contribution in [-0.2, 0) is 32.6 Å². The average Bonchev–Trinajstić information content (AvgIpc) is 3.10. The molecule has 0 spiro atoms. The van der Waals surface area contributed by atoms with Crippen molar-refractivity contribution >= 4 is 50.7 Å². The van der Waals surface area contributed by atoms with E-state index in [1.165, 1.54) is 56.6 Å². The van der Waals surface area contributed by atoms with Crippen LogP contribution in [0.4, 0.5) is 5.69 Å². The molecule has 0 saturated carbocycles. The van der Waals surface area contributed by atoms with Gasteiger partial charge in [-0.3, -0.25) is 13.9 Å². The van der Waals surface area contributed by atoms with Crippen LogP contribution in [0.2, 0.25) is 10.0 Å². The Hall–Kier alpha value is -4.45. The lowest BCUT2D eigenvalue weighted by Gasteiger charge is -2.34. The Morgan fingerprint density at radius 1 is 0.776 bits per heavy atom. The lowest BCUT2D eigenvalue weighted by molar-refractivity contribution is -0.140. The van der Waals surface area contributed by atoms with Gasteiger partial charge in [0.1, 0.15) is 18.3 Å². The summed E-state index contributed by atoms with van der Waals surface area (Å²) >= 11 is 12.7. The predicted molar refractivity (Wildman–Crippen MR) is 191 cm³/mol. The summed E-state index contributed by atoms with van der Waals surface area (Å²) in [5.74, 6) is -0.386. The maximum absolute atomic E-state index is 14.7. The fourth-order valence-electron chi connectivity index (χ4n) is 5.23. The van der Waals surface area contributed by atoms with Crippen LogP contribution < -0.4 is 23.8 Å². The molecule has 4 aromatic rings. The molecule has 1 N–H and O–H groups in total. The highest BCUT2D eigenvalue weighted by Gasteiger charge is 2.36. The predicted octanol–water partition coefficient (Wildman–Crippen LogP) is 6.38. The summed E-state index contributed by atoms with van der Waals surface area (Å²) in [6.07, 6.45) is 0.851. The summed E-state index contributed by atoms with van der Waals surface area (Å²) in [7, 11) is -0.290. The molecule has 0 aliphatic rings. The average molecular weight is 729 g/mol. The van der Waals surface area contributed by atoms with E-state index in [0.717, 1.165) is 9.87 Å². The Labute approximate surface area is 297 Å². The zero-order valence-electron chi connectivity index (χ0n) is 27.7. The van der Waals surface area contributed by atoms with Gasteiger partial charge in [-0.25, -0.2) is 8.42 Å². The highest BCUT2D eigenvalue weighted by Crippen LogP contribution is 2.37. The van der Waals surface area contributed by atoms with E-state index < -0.39 is 28.5 Å². The van der Waals surface area contributed by atoms with E-state index in [4.69, 9.17) is 37.4 Å². The van der Waals surface area contributed by atoms with Crippen molar-refractivity contribution in [2.45, 2.75) is 37.2 Å². The number of amides is 2. The third-order valence-electron chi connectivity index (χ3n) is 7.69. The zero-order valence-corrected chi connectivity index (χ0v) is 30.0. The van der Waals surface area contributed by atoms with Crippen LogP contribution in [0.3, 0.4) is 0 Å². The number of halogens is 2. The number of benzene rings is 4. The number of sulfonamides is 1. The van der Waals surface area contributed by atoms with Gasteiger partial charge in [-0.1, -0.05) is 72.6 Å². The number of nitrogens with zero attached hydrogens (tertiary/aromatic N) is 2. The Bertz CT molecular complexity index is 1860. The molecule has 0 fully saturated rings. The van der Waals surface area contributed by atoms with Crippen LogP contribution in [0.15, 0.2) is 95.9 Å². The molecule has 0 saturated heterocycles. The second-order valence-electron chi connectivity index (χ2n) is 11.0. The lowest BCUT2D eigenvalue weighted by Crippen LogP contribution is -2.53. The van der Waals surface area contributed by atoms with E-state index in [-0.39, 0.29) is 46.0 Å². The molecule has 10 nitrogen and oxygen atoms in total. The van der Waals surface area contributed by atoms with Crippen LogP contribution in [-0.4, -0.2) is 65.6 Å². The van der Waals surface area contributed by atoms with Crippen LogP contribution in [0.5, 0.6) is 17.2 Å². The molecule has 49 heavy (non-hydrogen) atoms. The number of carbonyl (C=O) groups is 2. The van der Waals surface area contributed by atoms with Crippen molar-refractivity contribution in [1.29, 1.82) is 0 Å². The molecule has 0 aliphatic heterocycles. The first-order valence-corrected chi connectivity index (χ1v) is 17.7. The number of nitrogens with one attached hydrogen (secondary N) is 1. The van der Waals surface area contributed by atoms with Crippen LogP contribution in [0.25, 0.3) is 0 Å². The molecule has 4 rings (SSSR count). The summed E-state index contributed by atoms with van der Waals surface area (Å²) < 4.78 is 46.2. The van der Waals surface area contributed by atoms with Gasteiger partial charge >= 0.3 is 0 Å². The van der Waals surface area contributed by atoms with Crippen molar-refractivity contribution in [2.75, 3.05) is 38.7 Å². The molecule has 4 aromatic carbocycles. The lowest BCUT2D eigenvalue weighted by atomic mass is 10.0. The smallest absolute Gasteiger partial charge is 0.265 e. The highest BCUT2D eigenvalue weighted by molar-refractivity contribution is 7.92. The minimum Gasteiger partial charge on any atom is -0.495 e. The van der Waals surface area contributed by atoms with E-state index in [0.29, 0.717) is 29.3 Å². The minimum absolute atomic E-state index is 0.0240. The third-order valence-corrected chi connectivity index (χ3v) is 9.92. The number of carbonyl (C=O) groups excluding carboxylic acids is 2. The maximum Gasteiger partial charge on any atom is 0.265 e. The van der Waals surface area contributed by atoms with Crippen molar-refractivity contribution in [3.63, 3.8) is 0 Å². The van der Waals surface area contributed by atoms with Crippen LogP contribution >= 0.6 is 23.2 Å². The first kappa shape index (κ1) is 37.4. The van der Waals surface area contributed by atoms with Gasteiger partial charge in [0.2, 0.25) is 11.8 Å². The highest BCUT2D eigenvalue weighted by atomic mass is 35.5. The van der Waals surface area contributed by atoms with Gasteiger partial charge in [-0.05, 0) is 60.0 Å². The SMILES string of the molecule is CCCNC(=O)[C@@H](Cc1ccccc1)N(Cc1cccc(Cl)c1)C(=O)CN(c1cc(Cl)ccc1OC)S(=O)(=O)c1ccc(OC)c(OC)c1. The van der Waals surface area contributed by atoms with Gasteiger partial charge in [0.25, 0.3) is 10.0 Å². The van der Waals surface area contributed by atoms with E-state index >= 15 is 0 Å². The standard InChI is InChI=1S/C36H39Cl2N3O7S/c1-5-18-39-36(43)31(20-25-10-7-6-8-11-25)40(23-26-12-9-13-27(37)19-26)35(42)24-41(30-21-28(38)14-16-32(30)46-2)49(44,45)29-15-17-33(47-3)34(22-29)48-4/h6-17,19,21-22,31H,5,18,20,23-24H2,1-4H3,(H,39,43)/t31-/m1/s1. The second-order valence-corrected chi connectivity index (χ2v) is 13.7. The summed E-state index contributed by atoms with van der Waals surface area (Å²) in [4.78, 5) is 29.7. The van der Waals surface area contributed by atoms with Gasteiger partial charge in [-0.15, -0.1) is 0 Å². The molecule has 0 radical (unpaired) electrons. The number of hydrogen-bond donors (Lipinski definition) is 1. The number of methoxy groups -OCH3 is 3. The van der Waals surface area contributed by atoms with Gasteiger partial charge in [0.15, 0.2) is 11.5 Å². The summed E-state index contributed by atoms with van der Waals surface area (Å²) in [6.45, 7) is 1.58. The van der Waals surface area contributed by atoms with Crippen molar-refractivity contribution in [3.8, 4) is 17.2 Å². The number of hydrogen-bond acceptors (Lipinski definition) is 7. The first-order valence-electron chi connectivity index (χ1n) is 15.5. The van der Waals surface area contributed by atoms with E-state index in [1.807, 2.05) is 37.3 Å². The van der Waals surface area contributed by atoms with E-state index in [9.17, 15) is 18.0 Å². The molecule has 1 atom stereocenters. The molecular formula is C36H39Cl2N3O7S. The molecule has 0 unspecified atom stereocenters. The maximum atomic E-state index is 14.7. The topological polar surface area (TPSA) is 114 Å². The van der Waals surface area contributed by atoms with Crippen molar-refractivity contribution < 1.29 is 32.2 Å². The van der Waals surface area contributed by atoms with Crippen LogP contribution in [0.1, 0.15) is 24.5 Å². The monoisotopic (exact) mass is 727 g/mol. The number of rotatable bonds is 16. The Kier molecular flexibility index (Phi) is 13.2. The van der Waals surface area contributed by atoms with Crippen LogP contribution in [0, 0.1) is 0 Å².